The van der Waals surface area contributed by atoms with E-state index in [1.165, 1.54) is 11.1 Å². The van der Waals surface area contributed by atoms with Crippen LogP contribution in [0.15, 0.2) is 35.1 Å². The van der Waals surface area contributed by atoms with E-state index in [4.69, 9.17) is 4.74 Å². The molecule has 7 nitrogen and oxygen atoms in total. The van der Waals surface area contributed by atoms with Crippen molar-refractivity contribution >= 4 is 5.91 Å². The van der Waals surface area contributed by atoms with E-state index < -0.39 is 11.0 Å². The Bertz CT molecular complexity index is 974. The molecule has 29 heavy (non-hydrogen) atoms. The van der Waals surface area contributed by atoms with Crippen LogP contribution in [-0.4, -0.2) is 43.8 Å². The quantitative estimate of drug-likeness (QED) is 0.778. The Hall–Kier alpha value is -2.41. The van der Waals surface area contributed by atoms with Crippen molar-refractivity contribution in [2.75, 3.05) is 13.1 Å². The summed E-state index contributed by atoms with van der Waals surface area (Å²) in [4.78, 5) is 28.2. The monoisotopic (exact) mass is 396 g/mol. The molecule has 5 rings (SSSR count). The predicted octanol–water partition coefficient (Wildman–Crippen LogP) is 1.99. The molecule has 1 aromatic carbocycles. The maximum absolute atomic E-state index is 13.9. The fourth-order valence-electron chi connectivity index (χ4n) is 5.48. The smallest absolute Gasteiger partial charge is 0.345 e. The molecule has 0 N–H and O–H groups in total. The second kappa shape index (κ2) is 6.83. The van der Waals surface area contributed by atoms with Gasteiger partial charge in [0.25, 0.3) is 0 Å². The number of ether oxygens (including phenoxy) is 1. The van der Waals surface area contributed by atoms with Gasteiger partial charge in [-0.2, -0.15) is 5.10 Å². The first-order chi connectivity index (χ1) is 14.0. The molecule has 0 radical (unpaired) electrons. The lowest BCUT2D eigenvalue weighted by Crippen LogP contribution is -2.51. The number of benzene rings is 1. The SMILES string of the molecule is Cn1nc2n(c1=O)CC1(CCN(C(=O)C3(c4ccccc4)CCCCC3)C1)OC2. The molecule has 1 saturated carbocycles. The van der Waals surface area contributed by atoms with Crippen molar-refractivity contribution in [1.82, 2.24) is 19.2 Å². The molecule has 1 atom stereocenters. The molecule has 2 aromatic rings. The molecule has 3 heterocycles. The lowest BCUT2D eigenvalue weighted by atomic mass is 9.68. The molecule has 154 valence electrons. The summed E-state index contributed by atoms with van der Waals surface area (Å²) in [6, 6.07) is 10.3. The zero-order valence-corrected chi connectivity index (χ0v) is 17.0. The Kier molecular flexibility index (Phi) is 4.38. The number of carbonyl (C=O) groups excluding carboxylic acids is 1. The van der Waals surface area contributed by atoms with Crippen molar-refractivity contribution in [2.24, 2.45) is 7.05 Å². The molecule has 1 saturated heterocycles. The Morgan fingerprint density at radius 1 is 1.07 bits per heavy atom. The van der Waals surface area contributed by atoms with E-state index >= 15 is 0 Å². The minimum Gasteiger partial charge on any atom is -0.363 e. The fraction of sp³-hybridized carbons (Fsp3) is 0.591. The largest absolute Gasteiger partial charge is 0.363 e. The molecule has 1 spiro atoms. The van der Waals surface area contributed by atoms with Crippen LogP contribution >= 0.6 is 0 Å². The highest BCUT2D eigenvalue weighted by Crippen LogP contribution is 2.43. The number of aryl methyl sites for hydroxylation is 1. The minimum atomic E-state index is -0.484. The highest BCUT2D eigenvalue weighted by Gasteiger charge is 2.50. The average Bonchev–Trinajstić information content (AvgIpc) is 3.30. The van der Waals surface area contributed by atoms with E-state index in [1.54, 1.807) is 11.6 Å². The maximum atomic E-state index is 13.9. The van der Waals surface area contributed by atoms with Crippen LogP contribution in [-0.2, 0) is 35.1 Å². The van der Waals surface area contributed by atoms with E-state index in [9.17, 15) is 9.59 Å². The van der Waals surface area contributed by atoms with Gasteiger partial charge in [0, 0.05) is 13.6 Å². The van der Waals surface area contributed by atoms with Crippen molar-refractivity contribution < 1.29 is 9.53 Å². The molecule has 2 fully saturated rings. The second-order valence-electron chi connectivity index (χ2n) is 8.87. The number of hydrogen-bond acceptors (Lipinski definition) is 4. The normalized spacial score (nSPS) is 25.9. The number of fused-ring (bicyclic) bond motifs is 1. The van der Waals surface area contributed by atoms with Crippen molar-refractivity contribution in [3.8, 4) is 0 Å². The van der Waals surface area contributed by atoms with E-state index in [0.29, 0.717) is 32.1 Å². The summed E-state index contributed by atoms with van der Waals surface area (Å²) < 4.78 is 9.27. The average molecular weight is 396 g/mol. The van der Waals surface area contributed by atoms with Gasteiger partial charge in [-0.1, -0.05) is 49.6 Å². The highest BCUT2D eigenvalue weighted by molar-refractivity contribution is 5.88. The topological polar surface area (TPSA) is 69.4 Å². The number of rotatable bonds is 2. The third kappa shape index (κ3) is 2.94. The van der Waals surface area contributed by atoms with Gasteiger partial charge in [0.15, 0.2) is 5.82 Å². The second-order valence-corrected chi connectivity index (χ2v) is 8.87. The van der Waals surface area contributed by atoms with Crippen molar-refractivity contribution in [3.05, 3.63) is 52.2 Å². The molecule has 1 aliphatic carbocycles. The third-order valence-corrected chi connectivity index (χ3v) is 7.08. The number of hydrogen-bond donors (Lipinski definition) is 0. The molecule has 2 aliphatic heterocycles. The van der Waals surface area contributed by atoms with Gasteiger partial charge in [0.05, 0.1) is 18.5 Å². The predicted molar refractivity (Wildman–Crippen MR) is 107 cm³/mol. The van der Waals surface area contributed by atoms with Crippen LogP contribution in [0.1, 0.15) is 49.9 Å². The van der Waals surface area contributed by atoms with Gasteiger partial charge in [-0.3, -0.25) is 9.36 Å². The summed E-state index contributed by atoms with van der Waals surface area (Å²) in [6.45, 7) is 2.01. The molecule has 1 amide bonds. The van der Waals surface area contributed by atoms with Gasteiger partial charge in [0.1, 0.15) is 12.2 Å². The van der Waals surface area contributed by atoms with Crippen LogP contribution in [0.3, 0.4) is 0 Å². The van der Waals surface area contributed by atoms with Gasteiger partial charge < -0.3 is 9.64 Å². The van der Waals surface area contributed by atoms with Crippen molar-refractivity contribution in [2.45, 2.75) is 62.7 Å². The highest BCUT2D eigenvalue weighted by atomic mass is 16.5. The Morgan fingerprint density at radius 2 is 1.83 bits per heavy atom. The summed E-state index contributed by atoms with van der Waals surface area (Å²) >= 11 is 0. The van der Waals surface area contributed by atoms with Crippen LogP contribution in [0.25, 0.3) is 0 Å². The molecule has 0 bridgehead atoms. The van der Waals surface area contributed by atoms with Gasteiger partial charge in [-0.05, 0) is 24.8 Å². The summed E-state index contributed by atoms with van der Waals surface area (Å²) in [7, 11) is 1.66. The summed E-state index contributed by atoms with van der Waals surface area (Å²) in [5.41, 5.74) is 0.124. The molecule has 3 aliphatic rings. The van der Waals surface area contributed by atoms with Gasteiger partial charge in [0.2, 0.25) is 5.91 Å². The Balaban J connectivity index is 1.41. The van der Waals surface area contributed by atoms with E-state index in [0.717, 1.165) is 37.7 Å². The van der Waals surface area contributed by atoms with Gasteiger partial charge >= 0.3 is 5.69 Å². The summed E-state index contributed by atoms with van der Waals surface area (Å²) in [5, 5.41) is 4.25. The van der Waals surface area contributed by atoms with Crippen molar-refractivity contribution in [3.63, 3.8) is 0 Å². The van der Waals surface area contributed by atoms with Crippen LogP contribution in [0.4, 0.5) is 0 Å². The van der Waals surface area contributed by atoms with Gasteiger partial charge in [-0.25, -0.2) is 9.48 Å². The number of nitrogens with zero attached hydrogens (tertiary/aromatic N) is 4. The molecule has 1 unspecified atom stereocenters. The van der Waals surface area contributed by atoms with Crippen LogP contribution in [0, 0.1) is 0 Å². The Labute approximate surface area is 170 Å². The van der Waals surface area contributed by atoms with E-state index in [1.807, 2.05) is 23.1 Å². The number of likely N-dealkylation sites (tertiary alicyclic amines) is 1. The first kappa shape index (κ1) is 18.6. The number of aromatic nitrogens is 3. The maximum Gasteiger partial charge on any atom is 0.345 e. The standard InChI is InChI=1S/C22H28N4O3/c1-24-20(28)26-16-21(29-14-18(26)23-24)12-13-25(15-21)19(27)22(10-6-3-7-11-22)17-8-4-2-5-9-17/h2,4-5,8-9H,3,6-7,10-16H2,1H3. The molecule has 1 aromatic heterocycles. The summed E-state index contributed by atoms with van der Waals surface area (Å²) in [5.74, 6) is 0.897. The first-order valence-corrected chi connectivity index (χ1v) is 10.6. The molecule has 7 heteroatoms. The molecular formula is C22H28N4O3. The van der Waals surface area contributed by atoms with E-state index in [2.05, 4.69) is 17.2 Å². The lowest BCUT2D eigenvalue weighted by Gasteiger charge is -2.40. The Morgan fingerprint density at radius 3 is 2.59 bits per heavy atom. The first-order valence-electron chi connectivity index (χ1n) is 10.6. The minimum absolute atomic E-state index is 0.111. The molecular weight excluding hydrogens is 368 g/mol. The summed E-state index contributed by atoms with van der Waals surface area (Å²) in [6.07, 6.45) is 5.94. The lowest BCUT2D eigenvalue weighted by molar-refractivity contribution is -0.140. The zero-order valence-electron chi connectivity index (χ0n) is 17.0. The fourth-order valence-corrected chi connectivity index (χ4v) is 5.48. The van der Waals surface area contributed by atoms with Crippen LogP contribution < -0.4 is 5.69 Å². The van der Waals surface area contributed by atoms with E-state index in [-0.39, 0.29) is 11.6 Å². The number of amides is 1. The zero-order chi connectivity index (χ0) is 20.1. The van der Waals surface area contributed by atoms with Crippen LogP contribution in [0.5, 0.6) is 0 Å². The third-order valence-electron chi connectivity index (χ3n) is 7.08. The van der Waals surface area contributed by atoms with Crippen LogP contribution in [0.2, 0.25) is 0 Å². The number of carbonyl (C=O) groups is 1. The van der Waals surface area contributed by atoms with Gasteiger partial charge in [-0.15, -0.1) is 0 Å². The van der Waals surface area contributed by atoms with Crippen molar-refractivity contribution in [1.29, 1.82) is 0 Å².